The molecule has 1 aromatic carbocycles. The molecule has 2 amide bonds. The van der Waals surface area contributed by atoms with Gasteiger partial charge in [0.05, 0.1) is 7.11 Å². The Balaban J connectivity index is 1.76. The summed E-state index contributed by atoms with van der Waals surface area (Å²) in [5.74, 6) is -0.180. The van der Waals surface area contributed by atoms with Gasteiger partial charge in [0, 0.05) is 18.0 Å². The Kier molecular flexibility index (Phi) is 13.4. The Labute approximate surface area is 210 Å². The molecule has 1 fully saturated rings. The van der Waals surface area contributed by atoms with Crippen molar-refractivity contribution >= 4 is 17.8 Å². The van der Waals surface area contributed by atoms with Crippen LogP contribution >= 0.6 is 0 Å². The van der Waals surface area contributed by atoms with E-state index in [1.807, 2.05) is 24.3 Å². The number of benzene rings is 1. The summed E-state index contributed by atoms with van der Waals surface area (Å²) in [6, 6.07) is 7.43. The third kappa shape index (κ3) is 10.8. The molecule has 0 aromatic heterocycles. The van der Waals surface area contributed by atoms with E-state index in [4.69, 9.17) is 10.5 Å². The summed E-state index contributed by atoms with van der Waals surface area (Å²) < 4.78 is 4.93. The number of methoxy groups -OCH3 is 1. The molecule has 196 valence electrons. The Bertz CT molecular complexity index is 773. The van der Waals surface area contributed by atoms with Gasteiger partial charge in [0.15, 0.2) is 0 Å². The first kappa shape index (κ1) is 28.8. The largest absolute Gasteiger partial charge is 0.467 e. The van der Waals surface area contributed by atoms with Crippen LogP contribution in [0.25, 0.3) is 0 Å². The Morgan fingerprint density at radius 3 is 2.34 bits per heavy atom. The molecule has 0 heterocycles. The fourth-order valence-electron chi connectivity index (χ4n) is 4.78. The van der Waals surface area contributed by atoms with Gasteiger partial charge < -0.3 is 21.1 Å². The molecular weight excluding hydrogens is 442 g/mol. The Hall–Kier alpha value is -2.41. The van der Waals surface area contributed by atoms with Crippen molar-refractivity contribution in [2.45, 2.75) is 102 Å². The lowest BCUT2D eigenvalue weighted by Crippen LogP contribution is -2.44. The highest BCUT2D eigenvalue weighted by Crippen LogP contribution is 2.28. The van der Waals surface area contributed by atoms with Gasteiger partial charge in [-0.2, -0.15) is 0 Å². The zero-order chi connectivity index (χ0) is 25.5. The second-order valence-corrected chi connectivity index (χ2v) is 9.82. The van der Waals surface area contributed by atoms with E-state index in [1.54, 1.807) is 0 Å². The predicted molar refractivity (Wildman–Crippen MR) is 139 cm³/mol. The molecular formula is C28H45N3O4. The molecule has 1 unspecified atom stereocenters. The van der Waals surface area contributed by atoms with Gasteiger partial charge in [0.2, 0.25) is 5.91 Å². The number of hydrogen-bond donors (Lipinski definition) is 3. The third-order valence-corrected chi connectivity index (χ3v) is 6.97. The standard InChI is InChI=1S/C28H45N3O4/c1-3-4-6-10-26(32)31-25(28(34)35-2)20-22-13-17-24(18-14-22)30-27(33)23-15-11-21(12-16-23)9-7-5-8-19-29/h11-12,15-16,22,24-25H,3-10,13-14,17-20,29H2,1-2H3,(H,30,33)(H,31,32). The van der Waals surface area contributed by atoms with Gasteiger partial charge >= 0.3 is 5.97 Å². The molecule has 1 atom stereocenters. The molecule has 0 radical (unpaired) electrons. The summed E-state index contributed by atoms with van der Waals surface area (Å²) in [5.41, 5.74) is 7.48. The highest BCUT2D eigenvalue weighted by atomic mass is 16.5. The van der Waals surface area contributed by atoms with Crippen LogP contribution in [0.15, 0.2) is 24.3 Å². The number of carbonyl (C=O) groups is 3. The number of amides is 2. The number of nitrogens with two attached hydrogens (primary N) is 1. The van der Waals surface area contributed by atoms with Gasteiger partial charge in [0.25, 0.3) is 5.91 Å². The van der Waals surface area contributed by atoms with Crippen molar-refractivity contribution in [1.29, 1.82) is 0 Å². The summed E-state index contributed by atoms with van der Waals surface area (Å²) in [6.45, 7) is 2.83. The van der Waals surface area contributed by atoms with Crippen molar-refractivity contribution < 1.29 is 19.1 Å². The summed E-state index contributed by atoms with van der Waals surface area (Å²) in [6.07, 6.45) is 11.8. The average molecular weight is 488 g/mol. The van der Waals surface area contributed by atoms with Gasteiger partial charge in [-0.25, -0.2) is 4.79 Å². The van der Waals surface area contributed by atoms with Crippen LogP contribution in [-0.4, -0.2) is 43.5 Å². The minimum absolute atomic E-state index is 0.0325. The normalized spacial score (nSPS) is 18.5. The predicted octanol–water partition coefficient (Wildman–Crippen LogP) is 4.27. The van der Waals surface area contributed by atoms with Gasteiger partial charge in [0.1, 0.15) is 6.04 Å². The number of nitrogens with one attached hydrogen (secondary N) is 2. The monoisotopic (exact) mass is 487 g/mol. The number of ether oxygens (including phenoxy) is 1. The van der Waals surface area contributed by atoms with Gasteiger partial charge in [-0.1, -0.05) is 38.3 Å². The Morgan fingerprint density at radius 1 is 1.00 bits per heavy atom. The maximum absolute atomic E-state index is 12.7. The van der Waals surface area contributed by atoms with Crippen LogP contribution < -0.4 is 16.4 Å². The highest BCUT2D eigenvalue weighted by molar-refractivity contribution is 5.94. The second kappa shape index (κ2) is 16.3. The lowest BCUT2D eigenvalue weighted by Gasteiger charge is -2.31. The first-order valence-electron chi connectivity index (χ1n) is 13.4. The molecule has 2 rings (SSSR count). The SMILES string of the molecule is CCCCCC(=O)NC(CC1CCC(NC(=O)c2ccc(CCCCCN)cc2)CC1)C(=O)OC. The summed E-state index contributed by atoms with van der Waals surface area (Å²) in [4.78, 5) is 37.2. The summed E-state index contributed by atoms with van der Waals surface area (Å²) in [7, 11) is 1.36. The fraction of sp³-hybridized carbons (Fsp3) is 0.679. The average Bonchev–Trinajstić information content (AvgIpc) is 2.87. The molecule has 0 aliphatic heterocycles. The van der Waals surface area contributed by atoms with Gasteiger partial charge in [-0.3, -0.25) is 9.59 Å². The molecule has 7 heteroatoms. The van der Waals surface area contributed by atoms with Crippen molar-refractivity contribution in [3.63, 3.8) is 0 Å². The van der Waals surface area contributed by atoms with Crippen molar-refractivity contribution in [1.82, 2.24) is 10.6 Å². The van der Waals surface area contributed by atoms with Crippen LogP contribution in [-0.2, 0) is 20.7 Å². The molecule has 7 nitrogen and oxygen atoms in total. The van der Waals surface area contributed by atoms with Crippen LogP contribution in [0.4, 0.5) is 0 Å². The van der Waals surface area contributed by atoms with E-state index in [-0.39, 0.29) is 23.8 Å². The van der Waals surface area contributed by atoms with E-state index in [2.05, 4.69) is 17.6 Å². The maximum atomic E-state index is 12.7. The van der Waals surface area contributed by atoms with Gasteiger partial charge in [-0.05, 0) is 87.9 Å². The van der Waals surface area contributed by atoms with Crippen LogP contribution in [0, 0.1) is 5.92 Å². The topological polar surface area (TPSA) is 111 Å². The number of hydrogen-bond acceptors (Lipinski definition) is 5. The first-order valence-corrected chi connectivity index (χ1v) is 13.4. The van der Waals surface area contributed by atoms with Gasteiger partial charge in [-0.15, -0.1) is 0 Å². The minimum Gasteiger partial charge on any atom is -0.467 e. The molecule has 0 bridgehead atoms. The number of rotatable bonds is 15. The van der Waals surface area contributed by atoms with E-state index in [1.165, 1.54) is 12.7 Å². The molecule has 1 aliphatic carbocycles. The zero-order valence-electron chi connectivity index (χ0n) is 21.7. The van der Waals surface area contributed by atoms with Crippen LogP contribution in [0.1, 0.15) is 99.9 Å². The molecule has 4 N–H and O–H groups in total. The summed E-state index contributed by atoms with van der Waals surface area (Å²) in [5, 5.41) is 6.04. The van der Waals surface area contributed by atoms with E-state index in [9.17, 15) is 14.4 Å². The Morgan fingerprint density at radius 2 is 1.71 bits per heavy atom. The van der Waals surface area contributed by atoms with Crippen LogP contribution in [0.5, 0.6) is 0 Å². The highest BCUT2D eigenvalue weighted by Gasteiger charge is 2.29. The lowest BCUT2D eigenvalue weighted by atomic mass is 9.82. The van der Waals surface area contributed by atoms with Crippen molar-refractivity contribution in [2.24, 2.45) is 11.7 Å². The number of carbonyl (C=O) groups excluding carboxylic acids is 3. The molecule has 1 saturated carbocycles. The van der Waals surface area contributed by atoms with E-state index >= 15 is 0 Å². The third-order valence-electron chi connectivity index (χ3n) is 6.97. The molecule has 0 spiro atoms. The minimum atomic E-state index is -0.598. The lowest BCUT2D eigenvalue weighted by molar-refractivity contribution is -0.145. The molecule has 35 heavy (non-hydrogen) atoms. The quantitative estimate of drug-likeness (QED) is 0.253. The zero-order valence-corrected chi connectivity index (χ0v) is 21.7. The smallest absolute Gasteiger partial charge is 0.328 e. The molecule has 0 saturated heterocycles. The van der Waals surface area contributed by atoms with E-state index < -0.39 is 6.04 Å². The number of unbranched alkanes of at least 4 members (excludes halogenated alkanes) is 4. The first-order chi connectivity index (χ1) is 17.0. The van der Waals surface area contributed by atoms with Crippen molar-refractivity contribution in [3.05, 3.63) is 35.4 Å². The molecule has 1 aromatic rings. The van der Waals surface area contributed by atoms with Crippen molar-refractivity contribution in [2.75, 3.05) is 13.7 Å². The van der Waals surface area contributed by atoms with Crippen LogP contribution in [0.3, 0.4) is 0 Å². The van der Waals surface area contributed by atoms with E-state index in [0.29, 0.717) is 24.3 Å². The fourth-order valence-corrected chi connectivity index (χ4v) is 4.78. The second-order valence-electron chi connectivity index (χ2n) is 9.82. The molecule has 1 aliphatic rings. The van der Waals surface area contributed by atoms with Crippen LogP contribution in [0.2, 0.25) is 0 Å². The number of aryl methyl sites for hydroxylation is 1. The maximum Gasteiger partial charge on any atom is 0.328 e. The van der Waals surface area contributed by atoms with Crippen molar-refractivity contribution in [3.8, 4) is 0 Å². The van der Waals surface area contributed by atoms with E-state index in [0.717, 1.165) is 77.2 Å². The summed E-state index contributed by atoms with van der Waals surface area (Å²) >= 11 is 0. The number of esters is 1.